The van der Waals surface area contributed by atoms with E-state index in [-0.39, 0.29) is 75.2 Å². The average Bonchev–Trinajstić information content (AvgIpc) is 1.75. The highest BCUT2D eigenvalue weighted by molar-refractivity contribution is 6.00. The fourth-order valence-electron chi connectivity index (χ4n) is 11.9. The zero-order chi connectivity index (χ0) is 66.5. The number of amides is 7. The molecular formula is C63H97N15O12. The molecule has 7 amide bonds. The number of nitrogens with one attached hydrogen (secondary N) is 5. The van der Waals surface area contributed by atoms with Gasteiger partial charge in [0.1, 0.15) is 17.9 Å². The fourth-order valence-corrected chi connectivity index (χ4v) is 11.9. The Morgan fingerprint density at radius 3 is 1.96 bits per heavy atom. The molecule has 3 aromatic rings. The molecular weight excluding hydrogens is 1160 g/mol. The van der Waals surface area contributed by atoms with E-state index in [9.17, 15) is 48.3 Å². The molecule has 12 atom stereocenters. The van der Waals surface area contributed by atoms with Crippen LogP contribution < -0.4 is 49.9 Å². The van der Waals surface area contributed by atoms with Crippen LogP contribution in [0.5, 0.6) is 0 Å². The number of aliphatic imine (C=N–C) groups is 1. The minimum absolute atomic E-state index is 0.0223. The number of benzene rings is 1. The average molecular weight is 1260 g/mol. The van der Waals surface area contributed by atoms with Gasteiger partial charge in [-0.1, -0.05) is 97.6 Å². The number of fused-ring (bicyclic) bond motifs is 1. The van der Waals surface area contributed by atoms with E-state index in [2.05, 4.69) is 41.6 Å². The van der Waals surface area contributed by atoms with E-state index in [0.717, 1.165) is 42.3 Å². The van der Waals surface area contributed by atoms with Gasteiger partial charge >= 0.3 is 0 Å². The number of aromatic amines is 1. The predicted molar refractivity (Wildman–Crippen MR) is 336 cm³/mol. The van der Waals surface area contributed by atoms with Crippen molar-refractivity contribution in [1.29, 1.82) is 0 Å². The Morgan fingerprint density at radius 2 is 1.33 bits per heavy atom. The number of aromatic nitrogens is 4. The van der Waals surface area contributed by atoms with Crippen LogP contribution in [0.4, 0.5) is 0 Å². The lowest BCUT2D eigenvalue weighted by Crippen LogP contribution is -2.58. The molecule has 16 N–H and O–H groups in total. The zero-order valence-electron chi connectivity index (χ0n) is 53.2. The van der Waals surface area contributed by atoms with Crippen molar-refractivity contribution in [2.45, 2.75) is 206 Å². The van der Waals surface area contributed by atoms with Crippen molar-refractivity contribution >= 4 is 81.3 Å². The SMILES string of the molecule is CCC(NC(=O)C(CO)CC(=O)C(Cc1c[nH]c2ccccc12)NC(=O)C1CC(n2cc(C3CCCC3)nn2)CN1C(=O)C(NC(=O)C(CC(N)=O)CC(=O)C(CC(N)=O)NC(=O)C(CC(=O)C(N)CCCN=C(N)N)C(C)CC)C(C)CC)C(=O)CC(C)C. The zero-order valence-corrected chi connectivity index (χ0v) is 53.2. The molecule has 1 aliphatic carbocycles. The maximum absolute atomic E-state index is 15.5. The van der Waals surface area contributed by atoms with Crippen molar-refractivity contribution in [2.24, 2.45) is 69.2 Å². The summed E-state index contributed by atoms with van der Waals surface area (Å²) in [4.78, 5) is 162. The van der Waals surface area contributed by atoms with Crippen LogP contribution in [0.2, 0.25) is 0 Å². The van der Waals surface area contributed by atoms with Crippen LogP contribution in [-0.2, 0) is 59.2 Å². The van der Waals surface area contributed by atoms with Gasteiger partial charge in [-0.05, 0) is 61.5 Å². The van der Waals surface area contributed by atoms with Crippen LogP contribution in [0.15, 0.2) is 41.7 Å². The molecule has 1 saturated heterocycles. The number of carbonyl (C=O) groups is 11. The molecule has 5 rings (SSSR count). The number of likely N-dealkylation sites (tertiary alicyclic amines) is 1. The molecule has 90 heavy (non-hydrogen) atoms. The summed E-state index contributed by atoms with van der Waals surface area (Å²) < 4.78 is 1.61. The largest absolute Gasteiger partial charge is 0.396 e. The number of rotatable bonds is 39. The maximum atomic E-state index is 15.5. The van der Waals surface area contributed by atoms with Gasteiger partial charge in [-0.3, -0.25) is 57.7 Å². The number of aliphatic hydroxyl groups excluding tert-OH is 1. The molecule has 2 aliphatic rings. The van der Waals surface area contributed by atoms with E-state index in [1.54, 1.807) is 51.7 Å². The standard InChI is InChI=1S/C63H97N15O12/c1-8-35(6)43(28-51(80)44(64)19-15-21-69-63(67)68)60(88)72-48(29-56(66)85)53(82)24-38(26-55(65)84)58(86)74-57(36(7)9-2)62(90)77-31-41(78-32-49(75-76-78)37-16-11-12-17-37)27-50(77)61(89)73-47(23-39-30-70-46-20-14-13-18-42(39)46)54(83)25-40(33-79)59(87)71-45(10-3)52(81)22-34(4)5/h13-14,18,20,30,32,34-38,40-41,43-45,47-48,50,57,70,79H,8-12,15-17,19,21-29,31,33,64H2,1-7H3,(H2,65,84)(H2,66,85)(H,71,87)(H,72,88)(H,73,89)(H,74,86)(H4,67,68,69). The van der Waals surface area contributed by atoms with Crippen molar-refractivity contribution < 1.29 is 57.8 Å². The molecule has 12 unspecified atom stereocenters. The number of Topliss-reactive ketones (excluding diaryl/α,β-unsaturated/α-hetero) is 4. The number of ketones is 4. The van der Waals surface area contributed by atoms with Gasteiger partial charge in [-0.2, -0.15) is 0 Å². The summed E-state index contributed by atoms with van der Waals surface area (Å²) >= 11 is 0. The van der Waals surface area contributed by atoms with Gasteiger partial charge in [0.05, 0.1) is 60.8 Å². The highest BCUT2D eigenvalue weighted by atomic mass is 16.3. The highest BCUT2D eigenvalue weighted by Crippen LogP contribution is 2.35. The summed E-state index contributed by atoms with van der Waals surface area (Å²) in [6, 6.07) is -0.820. The molecule has 27 nitrogen and oxygen atoms in total. The minimum Gasteiger partial charge on any atom is -0.396 e. The van der Waals surface area contributed by atoms with E-state index < -0.39 is 163 Å². The third kappa shape index (κ3) is 20.8. The van der Waals surface area contributed by atoms with Gasteiger partial charge < -0.3 is 64.9 Å². The van der Waals surface area contributed by atoms with Gasteiger partial charge in [-0.15, -0.1) is 5.10 Å². The third-order valence-corrected chi connectivity index (χ3v) is 17.7. The molecule has 0 radical (unpaired) electrons. The molecule has 1 aromatic carbocycles. The Balaban J connectivity index is 1.45. The summed E-state index contributed by atoms with van der Waals surface area (Å²) in [5, 5.41) is 31.2. The van der Waals surface area contributed by atoms with E-state index in [0.29, 0.717) is 24.8 Å². The predicted octanol–water partition coefficient (Wildman–Crippen LogP) is 1.71. The normalized spacial score (nSPS) is 18.4. The number of primary amides is 2. The van der Waals surface area contributed by atoms with Crippen LogP contribution in [-0.4, -0.2) is 156 Å². The van der Waals surface area contributed by atoms with Crippen molar-refractivity contribution in [3.8, 4) is 0 Å². The molecule has 496 valence electrons. The van der Waals surface area contributed by atoms with E-state index in [1.165, 1.54) is 4.90 Å². The van der Waals surface area contributed by atoms with E-state index >= 15 is 9.59 Å². The second kappa shape index (κ2) is 34.9. The van der Waals surface area contributed by atoms with Gasteiger partial charge in [0.15, 0.2) is 23.3 Å². The molecule has 3 heterocycles. The first-order valence-electron chi connectivity index (χ1n) is 31.8. The fraction of sp³-hybridized carbons (Fsp3) is 0.651. The first-order chi connectivity index (χ1) is 42.7. The van der Waals surface area contributed by atoms with Gasteiger partial charge in [0.2, 0.25) is 41.4 Å². The van der Waals surface area contributed by atoms with Crippen molar-refractivity contribution in [1.82, 2.24) is 46.1 Å². The Hall–Kier alpha value is -7.94. The van der Waals surface area contributed by atoms with Crippen LogP contribution in [0.25, 0.3) is 10.9 Å². The molecule has 0 bridgehead atoms. The monoisotopic (exact) mass is 1260 g/mol. The molecule has 0 spiro atoms. The molecule has 2 aromatic heterocycles. The van der Waals surface area contributed by atoms with Crippen LogP contribution in [0.3, 0.4) is 0 Å². The first kappa shape index (κ1) is 72.8. The molecule has 1 saturated carbocycles. The number of H-pyrrole nitrogens is 1. The van der Waals surface area contributed by atoms with Gasteiger partial charge in [-0.25, -0.2) is 4.68 Å². The lowest BCUT2D eigenvalue weighted by molar-refractivity contribution is -0.144. The smallest absolute Gasteiger partial charge is 0.246 e. The summed E-state index contributed by atoms with van der Waals surface area (Å²) in [5.74, 6) is -12.9. The van der Waals surface area contributed by atoms with E-state index in [4.69, 9.17) is 28.7 Å². The van der Waals surface area contributed by atoms with Crippen molar-refractivity contribution in [3.63, 3.8) is 0 Å². The van der Waals surface area contributed by atoms with Crippen LogP contribution in [0.1, 0.15) is 174 Å². The molecule has 2 fully saturated rings. The number of hydrogen-bond donors (Lipinski definition) is 11. The number of nitrogens with zero attached hydrogens (tertiary/aromatic N) is 5. The third-order valence-electron chi connectivity index (χ3n) is 17.7. The van der Waals surface area contributed by atoms with Crippen molar-refractivity contribution in [3.05, 3.63) is 47.9 Å². The van der Waals surface area contributed by atoms with E-state index in [1.807, 2.05) is 38.1 Å². The number of aliphatic hydroxyl groups is 1. The van der Waals surface area contributed by atoms with Gasteiger partial charge in [0, 0.05) is 93.2 Å². The number of hydrogen-bond acceptors (Lipinski definition) is 16. The highest BCUT2D eigenvalue weighted by Gasteiger charge is 2.46. The number of para-hydroxylation sites is 1. The maximum Gasteiger partial charge on any atom is 0.246 e. The summed E-state index contributed by atoms with van der Waals surface area (Å²) in [6.07, 6.45) is 6.05. The molecule has 27 heteroatoms. The topological polar surface area (TPSA) is 448 Å². The Morgan fingerprint density at radius 1 is 0.711 bits per heavy atom. The lowest BCUT2D eigenvalue weighted by atomic mass is 9.84. The van der Waals surface area contributed by atoms with Gasteiger partial charge in [0.25, 0.3) is 0 Å². The quantitative estimate of drug-likeness (QED) is 0.0220. The van der Waals surface area contributed by atoms with Crippen molar-refractivity contribution in [2.75, 3.05) is 19.7 Å². The minimum atomic E-state index is -1.62. The lowest BCUT2D eigenvalue weighted by Gasteiger charge is -2.33. The number of guanidine groups is 1. The number of nitrogens with two attached hydrogens (primary N) is 5. The first-order valence-corrected chi connectivity index (χ1v) is 31.8. The Bertz CT molecular complexity index is 3020. The number of carbonyl (C=O) groups excluding carboxylic acids is 11. The molecule has 1 aliphatic heterocycles. The Labute approximate surface area is 526 Å². The van der Waals surface area contributed by atoms with Crippen LogP contribution >= 0.6 is 0 Å². The Kier molecular flexibility index (Phi) is 28.2. The summed E-state index contributed by atoms with van der Waals surface area (Å²) in [6.45, 7) is 11.8. The summed E-state index contributed by atoms with van der Waals surface area (Å²) in [7, 11) is 0. The second-order valence-corrected chi connectivity index (χ2v) is 25.1. The van der Waals surface area contributed by atoms with Crippen LogP contribution in [0, 0.1) is 35.5 Å². The second-order valence-electron chi connectivity index (χ2n) is 25.1. The summed E-state index contributed by atoms with van der Waals surface area (Å²) in [5.41, 5.74) is 30.4.